The Morgan fingerprint density at radius 3 is 1.40 bits per heavy atom. The number of halogens is 4. The predicted octanol–water partition coefficient (Wildman–Crippen LogP) is 8.69. The fourth-order valence-corrected chi connectivity index (χ4v) is 4.98. The minimum atomic E-state index is -0.250. The summed E-state index contributed by atoms with van der Waals surface area (Å²) in [7, 11) is 0. The van der Waals surface area contributed by atoms with Crippen LogP contribution in [0.15, 0.2) is 78.6 Å². The van der Waals surface area contributed by atoms with Crippen molar-refractivity contribution in [2.45, 2.75) is 26.1 Å². The summed E-state index contributed by atoms with van der Waals surface area (Å²) in [5.41, 5.74) is 3.94. The van der Waals surface area contributed by atoms with Gasteiger partial charge in [-0.2, -0.15) is 0 Å². The summed E-state index contributed by atoms with van der Waals surface area (Å²) in [6, 6.07) is 12.1. The molecule has 0 N–H and O–H groups in total. The molecule has 2 aromatic rings. The van der Waals surface area contributed by atoms with Crippen LogP contribution in [0.4, 0.5) is 0 Å². The van der Waals surface area contributed by atoms with Crippen molar-refractivity contribution in [2.75, 3.05) is 0 Å². The quantitative estimate of drug-likeness (QED) is 0.305. The molecular weight excluding hydrogens is 576 g/mol. The Labute approximate surface area is 183 Å². The van der Waals surface area contributed by atoms with Crippen molar-refractivity contribution in [1.29, 1.82) is 0 Å². The largest absolute Gasteiger partial charge is 0.357 e. The van der Waals surface area contributed by atoms with Gasteiger partial charge in [0.25, 0.3) is 0 Å². The summed E-state index contributed by atoms with van der Waals surface area (Å²) in [4.78, 5) is 0. The van der Waals surface area contributed by atoms with Gasteiger partial charge in [0.05, 0.1) is 0 Å². The highest BCUT2D eigenvalue weighted by Crippen LogP contribution is 2.40. The highest BCUT2D eigenvalue weighted by molar-refractivity contribution is 9.11. The highest BCUT2D eigenvalue weighted by Gasteiger charge is 2.24. The highest BCUT2D eigenvalue weighted by atomic mass is 79.9. The Balaban J connectivity index is 2.44. The van der Waals surface area contributed by atoms with Gasteiger partial charge < -0.3 is 4.74 Å². The summed E-state index contributed by atoms with van der Waals surface area (Å²) < 4.78 is 10.5. The fraction of sp³-hybridized carbons (Fsp3) is 0.200. The second-order valence-corrected chi connectivity index (χ2v) is 9.46. The van der Waals surface area contributed by atoms with Gasteiger partial charge in [-0.25, -0.2) is 0 Å². The maximum Gasteiger partial charge on any atom is 0.105 e. The first kappa shape index (κ1) is 21.1. The first-order valence-corrected chi connectivity index (χ1v) is 10.7. The Hall–Kier alpha value is -0.200. The standard InChI is InChI=1S/C20H18Br4O/c1-11(2)19(15-7-5-13(21)9-17(15)23)25-20(12(3)4)16-8-6-14(22)10-18(16)24/h5-10,19-20H,1,3H2,2,4H3. The fourth-order valence-electron chi connectivity index (χ4n) is 2.47. The van der Waals surface area contributed by atoms with Crippen LogP contribution in [0, 0.1) is 0 Å². The number of ether oxygens (including phenoxy) is 1. The third-order valence-electron chi connectivity index (χ3n) is 3.66. The predicted molar refractivity (Wildman–Crippen MR) is 120 cm³/mol. The SMILES string of the molecule is C=C(C)C(OC(C(=C)C)c1ccc(Br)cc1Br)c1ccc(Br)cc1Br. The van der Waals surface area contributed by atoms with Crippen molar-refractivity contribution in [3.63, 3.8) is 0 Å². The van der Waals surface area contributed by atoms with Gasteiger partial charge >= 0.3 is 0 Å². The first-order valence-electron chi connectivity index (χ1n) is 7.57. The molecule has 1 nitrogen and oxygen atoms in total. The minimum Gasteiger partial charge on any atom is -0.357 e. The monoisotopic (exact) mass is 590 g/mol. The van der Waals surface area contributed by atoms with E-state index in [4.69, 9.17) is 4.74 Å². The van der Waals surface area contributed by atoms with Gasteiger partial charge in [-0.05, 0) is 60.4 Å². The maximum atomic E-state index is 6.50. The van der Waals surface area contributed by atoms with Gasteiger partial charge in [0.2, 0.25) is 0 Å². The van der Waals surface area contributed by atoms with Crippen LogP contribution in [0.5, 0.6) is 0 Å². The Bertz CT molecular complexity index is 746. The minimum absolute atomic E-state index is 0.250. The van der Waals surface area contributed by atoms with E-state index >= 15 is 0 Å². The smallest absolute Gasteiger partial charge is 0.105 e. The van der Waals surface area contributed by atoms with Crippen molar-refractivity contribution in [3.8, 4) is 0 Å². The average Bonchev–Trinajstić information content (AvgIpc) is 2.50. The van der Waals surface area contributed by atoms with Crippen molar-refractivity contribution in [3.05, 3.63) is 89.7 Å². The Kier molecular flexibility index (Phi) is 7.71. The van der Waals surface area contributed by atoms with Crippen LogP contribution < -0.4 is 0 Å². The van der Waals surface area contributed by atoms with Crippen LogP contribution in [-0.2, 0) is 4.74 Å². The van der Waals surface area contributed by atoms with E-state index in [1.165, 1.54) is 0 Å². The zero-order valence-electron chi connectivity index (χ0n) is 14.0. The summed E-state index contributed by atoms with van der Waals surface area (Å²) in [5, 5.41) is 0. The number of hydrogen-bond acceptors (Lipinski definition) is 1. The lowest BCUT2D eigenvalue weighted by molar-refractivity contribution is 0.0259. The molecule has 0 bridgehead atoms. The molecule has 2 unspecified atom stereocenters. The third kappa shape index (κ3) is 5.39. The van der Waals surface area contributed by atoms with Crippen molar-refractivity contribution < 1.29 is 4.74 Å². The molecule has 0 spiro atoms. The van der Waals surface area contributed by atoms with Crippen molar-refractivity contribution >= 4 is 63.7 Å². The molecule has 5 heteroatoms. The molecule has 2 rings (SSSR count). The number of benzene rings is 2. The topological polar surface area (TPSA) is 9.23 Å². The van der Waals surface area contributed by atoms with Gasteiger partial charge in [0.1, 0.15) is 12.2 Å². The molecule has 0 saturated heterocycles. The van der Waals surface area contributed by atoms with E-state index < -0.39 is 0 Å². The van der Waals surface area contributed by atoms with Gasteiger partial charge in [-0.15, -0.1) is 0 Å². The second kappa shape index (κ2) is 9.14. The van der Waals surface area contributed by atoms with Gasteiger partial charge in [0, 0.05) is 17.9 Å². The van der Waals surface area contributed by atoms with E-state index in [0.29, 0.717) is 0 Å². The van der Waals surface area contributed by atoms with Crippen molar-refractivity contribution in [2.24, 2.45) is 0 Å². The van der Waals surface area contributed by atoms with E-state index in [-0.39, 0.29) is 12.2 Å². The normalized spacial score (nSPS) is 13.4. The van der Waals surface area contributed by atoms with E-state index in [1.807, 2.05) is 50.2 Å². The lowest BCUT2D eigenvalue weighted by Gasteiger charge is -2.28. The molecule has 25 heavy (non-hydrogen) atoms. The summed E-state index contributed by atoms with van der Waals surface area (Å²) >= 11 is 14.3. The molecular formula is C20H18Br4O. The van der Waals surface area contributed by atoms with Gasteiger partial charge in [0.15, 0.2) is 0 Å². The molecule has 132 valence electrons. The third-order valence-corrected chi connectivity index (χ3v) is 6.02. The zero-order valence-corrected chi connectivity index (χ0v) is 20.3. The molecule has 0 saturated carbocycles. The average molecular weight is 594 g/mol. The van der Waals surface area contributed by atoms with Crippen LogP contribution in [0.3, 0.4) is 0 Å². The summed E-state index contributed by atoms with van der Waals surface area (Å²) in [5.74, 6) is 0. The van der Waals surface area contributed by atoms with Crippen LogP contribution in [0.2, 0.25) is 0 Å². The maximum absolute atomic E-state index is 6.50. The van der Waals surface area contributed by atoms with Gasteiger partial charge in [-0.1, -0.05) is 89.0 Å². The lowest BCUT2D eigenvalue weighted by atomic mass is 10.0. The Morgan fingerprint density at radius 1 is 0.760 bits per heavy atom. The molecule has 0 fully saturated rings. The zero-order chi connectivity index (χ0) is 18.7. The number of hydrogen-bond donors (Lipinski definition) is 0. The summed E-state index contributed by atoms with van der Waals surface area (Å²) in [6.45, 7) is 12.2. The van der Waals surface area contributed by atoms with E-state index in [2.05, 4.69) is 76.9 Å². The van der Waals surface area contributed by atoms with Crippen molar-refractivity contribution in [1.82, 2.24) is 0 Å². The van der Waals surface area contributed by atoms with E-state index in [0.717, 1.165) is 40.2 Å². The molecule has 0 radical (unpaired) electrons. The van der Waals surface area contributed by atoms with Crippen LogP contribution >= 0.6 is 63.7 Å². The summed E-state index contributed by atoms with van der Waals surface area (Å²) in [6.07, 6.45) is -0.501. The first-order chi connectivity index (χ1) is 11.7. The molecule has 2 aromatic carbocycles. The van der Waals surface area contributed by atoms with Crippen LogP contribution in [-0.4, -0.2) is 0 Å². The molecule has 0 amide bonds. The van der Waals surface area contributed by atoms with E-state index in [1.54, 1.807) is 0 Å². The molecule has 0 heterocycles. The molecule has 2 atom stereocenters. The van der Waals surface area contributed by atoms with Gasteiger partial charge in [-0.3, -0.25) is 0 Å². The lowest BCUT2D eigenvalue weighted by Crippen LogP contribution is -2.13. The molecule has 0 aliphatic heterocycles. The number of rotatable bonds is 6. The molecule has 0 aliphatic rings. The Morgan fingerprint density at radius 2 is 1.12 bits per heavy atom. The second-order valence-electron chi connectivity index (χ2n) is 5.92. The van der Waals surface area contributed by atoms with Crippen LogP contribution in [0.25, 0.3) is 0 Å². The molecule has 0 aliphatic carbocycles. The molecule has 0 aromatic heterocycles. The van der Waals surface area contributed by atoms with E-state index in [9.17, 15) is 0 Å². The van der Waals surface area contributed by atoms with Crippen LogP contribution in [0.1, 0.15) is 37.2 Å².